The molecule has 2 amide bonds. The molecule has 2 aromatic carbocycles. The first-order chi connectivity index (χ1) is 21.6. The molecule has 2 saturated heterocycles. The number of anilines is 2. The average molecular weight is 634 g/mol. The summed E-state index contributed by atoms with van der Waals surface area (Å²) in [4.78, 5) is 38.0. The lowest BCUT2D eigenvalue weighted by Crippen LogP contribution is -2.44. The molecule has 11 nitrogen and oxygen atoms in total. The van der Waals surface area contributed by atoms with E-state index < -0.39 is 10.0 Å². The molecule has 0 spiro atoms. The second-order valence-corrected chi connectivity index (χ2v) is 13.7. The number of carbonyl (C=O) groups is 1. The van der Waals surface area contributed by atoms with Crippen LogP contribution in [0, 0.1) is 12.7 Å². The maximum Gasteiger partial charge on any atom is 0.321 e. The number of urea groups is 1. The summed E-state index contributed by atoms with van der Waals surface area (Å²) >= 11 is 0. The Kier molecular flexibility index (Phi) is 8.56. The van der Waals surface area contributed by atoms with E-state index in [1.54, 1.807) is 15.7 Å². The number of fused-ring (bicyclic) bond motifs is 1. The summed E-state index contributed by atoms with van der Waals surface area (Å²) in [6, 6.07) is 14.8. The molecule has 2 fully saturated rings. The van der Waals surface area contributed by atoms with E-state index in [0.717, 1.165) is 16.5 Å². The zero-order valence-corrected chi connectivity index (χ0v) is 26.1. The quantitative estimate of drug-likeness (QED) is 0.317. The minimum atomic E-state index is -3.32. The molecular formula is C32H36FN7O4S. The van der Waals surface area contributed by atoms with Crippen LogP contribution in [0.3, 0.4) is 0 Å². The van der Waals surface area contributed by atoms with Gasteiger partial charge in [0.15, 0.2) is 0 Å². The summed E-state index contributed by atoms with van der Waals surface area (Å²) in [6.45, 7) is 3.66. The fourth-order valence-corrected chi connectivity index (χ4v) is 7.05. The van der Waals surface area contributed by atoms with Crippen LogP contribution in [0.15, 0.2) is 65.6 Å². The van der Waals surface area contributed by atoms with Crippen molar-refractivity contribution < 1.29 is 17.6 Å². The topological polar surface area (TPSA) is 130 Å². The standard InChI is InChI=1S/C32H36FN7O4S/c1-21-5-3-4-6-27(21)28-19-22-20-34-31(37-29(22)40(30(28)41)26-13-17-39(18-14-26)45(2,43)44)35-25-11-15-38(16-12-25)32(42)36-24-9-7-23(33)8-10-24/h3-10,19-20,25-26H,11-18H2,1-2H3,(H,36,42)(H,34,35,37). The molecule has 45 heavy (non-hydrogen) atoms. The number of likely N-dealkylation sites (tertiary alicyclic amines) is 1. The first-order valence-electron chi connectivity index (χ1n) is 15.1. The summed E-state index contributed by atoms with van der Waals surface area (Å²) in [6.07, 6.45) is 5.25. The monoisotopic (exact) mass is 633 g/mol. The third kappa shape index (κ3) is 6.69. The van der Waals surface area contributed by atoms with Gasteiger partial charge in [0.1, 0.15) is 11.5 Å². The Bertz CT molecular complexity index is 1880. The number of amides is 2. The molecule has 0 bridgehead atoms. The van der Waals surface area contributed by atoms with Crippen molar-refractivity contribution in [2.75, 3.05) is 43.1 Å². The van der Waals surface area contributed by atoms with Gasteiger partial charge in [0.2, 0.25) is 16.0 Å². The van der Waals surface area contributed by atoms with Crippen LogP contribution in [0.25, 0.3) is 22.2 Å². The molecule has 13 heteroatoms. The number of sulfonamides is 1. The minimum absolute atomic E-state index is 0.0155. The van der Waals surface area contributed by atoms with Crippen LogP contribution in [0.1, 0.15) is 37.3 Å². The van der Waals surface area contributed by atoms with Gasteiger partial charge in [-0.1, -0.05) is 24.3 Å². The Morgan fingerprint density at radius 3 is 2.31 bits per heavy atom. The Balaban J connectivity index is 1.24. The molecule has 2 aliphatic rings. The highest BCUT2D eigenvalue weighted by Crippen LogP contribution is 2.30. The highest BCUT2D eigenvalue weighted by Gasteiger charge is 2.29. The Morgan fingerprint density at radius 1 is 0.956 bits per heavy atom. The van der Waals surface area contributed by atoms with Gasteiger partial charge >= 0.3 is 6.03 Å². The van der Waals surface area contributed by atoms with Crippen LogP contribution < -0.4 is 16.2 Å². The van der Waals surface area contributed by atoms with Gasteiger partial charge in [-0.05, 0) is 74.1 Å². The van der Waals surface area contributed by atoms with Crippen molar-refractivity contribution in [3.05, 3.63) is 82.5 Å². The van der Waals surface area contributed by atoms with Crippen LogP contribution in [0.4, 0.5) is 20.8 Å². The van der Waals surface area contributed by atoms with E-state index >= 15 is 0 Å². The number of nitrogens with one attached hydrogen (secondary N) is 2. The third-order valence-corrected chi connectivity index (χ3v) is 9.98. The molecular weight excluding hydrogens is 597 g/mol. The smallest absolute Gasteiger partial charge is 0.321 e. The van der Waals surface area contributed by atoms with E-state index in [4.69, 9.17) is 4.98 Å². The molecule has 2 aliphatic heterocycles. The third-order valence-electron chi connectivity index (χ3n) is 8.68. The van der Waals surface area contributed by atoms with E-state index in [-0.39, 0.29) is 29.5 Å². The number of piperidine rings is 2. The Hall–Kier alpha value is -4.36. The fraction of sp³-hybridized carbons (Fsp3) is 0.375. The first-order valence-corrected chi connectivity index (χ1v) is 16.9. The number of halogens is 1. The molecule has 4 aromatic rings. The van der Waals surface area contributed by atoms with Crippen LogP contribution in [-0.4, -0.2) is 76.7 Å². The van der Waals surface area contributed by atoms with Gasteiger partial charge in [-0.25, -0.2) is 26.9 Å². The molecule has 0 saturated carbocycles. The highest BCUT2D eigenvalue weighted by atomic mass is 32.2. The normalized spacial score (nSPS) is 17.0. The Labute approximate surface area is 261 Å². The van der Waals surface area contributed by atoms with Crippen LogP contribution in [0.5, 0.6) is 0 Å². The van der Waals surface area contributed by atoms with Gasteiger partial charge in [-0.15, -0.1) is 0 Å². The summed E-state index contributed by atoms with van der Waals surface area (Å²) < 4.78 is 40.7. The largest absolute Gasteiger partial charge is 0.351 e. The number of pyridine rings is 1. The van der Waals surface area contributed by atoms with Gasteiger partial charge < -0.3 is 15.5 Å². The first kappa shape index (κ1) is 30.7. The SMILES string of the molecule is Cc1ccccc1-c1cc2cnc(NC3CCN(C(=O)Nc4ccc(F)cc4)CC3)nc2n(C2CCN(S(C)(=O)=O)CC2)c1=O. The summed E-state index contributed by atoms with van der Waals surface area (Å²) in [5.41, 5.74) is 3.24. The van der Waals surface area contributed by atoms with E-state index in [9.17, 15) is 22.4 Å². The molecule has 6 rings (SSSR count). The zero-order chi connectivity index (χ0) is 31.7. The van der Waals surface area contributed by atoms with E-state index in [0.29, 0.717) is 74.7 Å². The average Bonchev–Trinajstić information content (AvgIpc) is 3.02. The van der Waals surface area contributed by atoms with Crippen molar-refractivity contribution in [3.8, 4) is 11.1 Å². The molecule has 0 atom stereocenters. The maximum atomic E-state index is 14.2. The van der Waals surface area contributed by atoms with E-state index in [1.165, 1.54) is 34.8 Å². The predicted molar refractivity (Wildman–Crippen MR) is 172 cm³/mol. The van der Waals surface area contributed by atoms with Gasteiger partial charge in [0.05, 0.1) is 6.26 Å². The molecule has 2 N–H and O–H groups in total. The molecule has 236 valence electrons. The molecule has 4 heterocycles. The van der Waals surface area contributed by atoms with Crippen LogP contribution in [0.2, 0.25) is 0 Å². The number of benzene rings is 2. The number of nitrogens with zero attached hydrogens (tertiary/aromatic N) is 5. The summed E-state index contributed by atoms with van der Waals surface area (Å²) in [5.74, 6) is 0.0268. The number of aromatic nitrogens is 3. The van der Waals surface area contributed by atoms with Crippen molar-refractivity contribution in [3.63, 3.8) is 0 Å². The summed E-state index contributed by atoms with van der Waals surface area (Å²) in [5, 5.41) is 6.92. The molecule has 0 radical (unpaired) electrons. The van der Waals surface area contributed by atoms with E-state index in [2.05, 4.69) is 15.6 Å². The lowest BCUT2D eigenvalue weighted by atomic mass is 9.99. The molecule has 2 aromatic heterocycles. The number of hydrogen-bond acceptors (Lipinski definition) is 7. The number of carbonyl (C=O) groups excluding carboxylic acids is 1. The lowest BCUT2D eigenvalue weighted by molar-refractivity contribution is 0.197. The van der Waals surface area contributed by atoms with Crippen LogP contribution >= 0.6 is 0 Å². The minimum Gasteiger partial charge on any atom is -0.351 e. The van der Waals surface area contributed by atoms with Gasteiger partial charge in [-0.2, -0.15) is 4.98 Å². The second-order valence-electron chi connectivity index (χ2n) is 11.8. The molecule has 0 aliphatic carbocycles. The lowest BCUT2D eigenvalue weighted by Gasteiger charge is -2.33. The highest BCUT2D eigenvalue weighted by molar-refractivity contribution is 7.88. The summed E-state index contributed by atoms with van der Waals surface area (Å²) in [7, 11) is -3.32. The van der Waals surface area contributed by atoms with Crippen molar-refractivity contribution in [1.29, 1.82) is 0 Å². The van der Waals surface area contributed by atoms with Crippen molar-refractivity contribution >= 4 is 38.7 Å². The van der Waals surface area contributed by atoms with Crippen LogP contribution in [-0.2, 0) is 10.0 Å². The van der Waals surface area contributed by atoms with Crippen molar-refractivity contribution in [1.82, 2.24) is 23.7 Å². The van der Waals surface area contributed by atoms with Gasteiger partial charge in [-0.3, -0.25) is 9.36 Å². The van der Waals surface area contributed by atoms with Crippen molar-refractivity contribution in [2.24, 2.45) is 0 Å². The predicted octanol–water partition coefficient (Wildman–Crippen LogP) is 4.61. The number of aryl methyl sites for hydroxylation is 1. The molecule has 0 unspecified atom stereocenters. The van der Waals surface area contributed by atoms with Crippen molar-refractivity contribution in [2.45, 2.75) is 44.7 Å². The maximum absolute atomic E-state index is 14.2. The zero-order valence-electron chi connectivity index (χ0n) is 25.2. The van der Waals surface area contributed by atoms with Gasteiger partial charge in [0.25, 0.3) is 5.56 Å². The number of hydrogen-bond donors (Lipinski definition) is 2. The van der Waals surface area contributed by atoms with Gasteiger partial charge in [0, 0.05) is 61.1 Å². The second kappa shape index (κ2) is 12.6. The number of rotatable bonds is 6. The van der Waals surface area contributed by atoms with E-state index in [1.807, 2.05) is 37.3 Å². The fourth-order valence-electron chi connectivity index (χ4n) is 6.17. The Morgan fingerprint density at radius 2 is 1.64 bits per heavy atom.